The van der Waals surface area contributed by atoms with Crippen LogP contribution in [0.3, 0.4) is 0 Å². The predicted octanol–water partition coefficient (Wildman–Crippen LogP) is 2.13. The second-order valence-corrected chi connectivity index (χ2v) is 9.63. The summed E-state index contributed by atoms with van der Waals surface area (Å²) in [5.41, 5.74) is 1.80. The van der Waals surface area contributed by atoms with Crippen LogP contribution < -0.4 is 10.8 Å². The van der Waals surface area contributed by atoms with E-state index in [1.54, 1.807) is 10.4 Å². The molecule has 2 atom stereocenters. The van der Waals surface area contributed by atoms with Gasteiger partial charge in [-0.15, -0.1) is 0 Å². The van der Waals surface area contributed by atoms with Crippen molar-refractivity contribution in [2.45, 2.75) is 89.1 Å². The van der Waals surface area contributed by atoms with Gasteiger partial charge in [-0.3, -0.25) is 19.6 Å². The van der Waals surface area contributed by atoms with Crippen molar-refractivity contribution >= 4 is 17.7 Å². The molecule has 1 heterocycles. The molecule has 4 aliphatic rings. The lowest BCUT2D eigenvalue weighted by molar-refractivity contribution is -0.144. The largest absolute Gasteiger partial charge is 0.352 e. The van der Waals surface area contributed by atoms with E-state index in [4.69, 9.17) is 5.21 Å². The van der Waals surface area contributed by atoms with Gasteiger partial charge in [0.05, 0.1) is 0 Å². The highest BCUT2D eigenvalue weighted by Crippen LogP contribution is 2.55. The smallest absolute Gasteiger partial charge is 0.244 e. The summed E-state index contributed by atoms with van der Waals surface area (Å²) < 4.78 is 0. The van der Waals surface area contributed by atoms with Gasteiger partial charge in [0, 0.05) is 24.9 Å². The number of hydrogen-bond donors (Lipinski definition) is 3. The molecule has 0 unspecified atom stereocenters. The molecule has 1 spiro atoms. The second-order valence-electron chi connectivity index (χ2n) is 9.63. The molecule has 28 heavy (non-hydrogen) atoms. The number of hydroxylamine groups is 1. The molecule has 3 amide bonds. The van der Waals surface area contributed by atoms with Crippen molar-refractivity contribution in [3.05, 3.63) is 0 Å². The zero-order valence-electron chi connectivity index (χ0n) is 16.6. The second kappa shape index (κ2) is 8.01. The van der Waals surface area contributed by atoms with E-state index in [2.05, 4.69) is 5.32 Å². The fourth-order valence-electron chi connectivity index (χ4n) is 5.14. The van der Waals surface area contributed by atoms with Crippen LogP contribution in [0, 0.1) is 17.3 Å². The molecule has 156 valence electrons. The Morgan fingerprint density at radius 3 is 2.43 bits per heavy atom. The normalized spacial score (nSPS) is 27.0. The van der Waals surface area contributed by atoms with Gasteiger partial charge in [-0.1, -0.05) is 25.7 Å². The first-order chi connectivity index (χ1) is 13.5. The maximum absolute atomic E-state index is 13.4. The number of hydrogen-bond acceptors (Lipinski definition) is 4. The van der Waals surface area contributed by atoms with Gasteiger partial charge in [0.2, 0.25) is 17.7 Å². The third-order valence-corrected chi connectivity index (χ3v) is 7.28. The van der Waals surface area contributed by atoms with Gasteiger partial charge in [0.1, 0.15) is 6.04 Å². The van der Waals surface area contributed by atoms with Crippen LogP contribution in [0.25, 0.3) is 0 Å². The Labute approximate surface area is 166 Å². The van der Waals surface area contributed by atoms with Crippen LogP contribution in [0.1, 0.15) is 77.0 Å². The first kappa shape index (κ1) is 19.7. The number of nitrogens with zero attached hydrogens (tertiary/aromatic N) is 1. The zero-order chi connectivity index (χ0) is 19.7. The minimum absolute atomic E-state index is 0.0114. The van der Waals surface area contributed by atoms with Crippen LogP contribution in [0.2, 0.25) is 0 Å². The fourth-order valence-corrected chi connectivity index (χ4v) is 5.14. The Kier molecular flexibility index (Phi) is 5.63. The molecule has 0 radical (unpaired) electrons. The molecule has 3 aliphatic carbocycles. The lowest BCUT2D eigenvalue weighted by Gasteiger charge is -2.28. The highest BCUT2D eigenvalue weighted by molar-refractivity contribution is 5.91. The van der Waals surface area contributed by atoms with E-state index in [1.807, 2.05) is 0 Å². The molecule has 4 rings (SSSR count). The molecule has 7 heteroatoms. The molecular weight excluding hydrogens is 358 g/mol. The quantitative estimate of drug-likeness (QED) is 0.436. The van der Waals surface area contributed by atoms with Crippen molar-refractivity contribution in [3.8, 4) is 0 Å². The Morgan fingerprint density at radius 2 is 1.82 bits per heavy atom. The van der Waals surface area contributed by atoms with Crippen LogP contribution in [-0.2, 0) is 14.4 Å². The number of likely N-dealkylation sites (tertiary alicyclic amines) is 1. The van der Waals surface area contributed by atoms with Gasteiger partial charge in [-0.05, 0) is 56.3 Å². The third kappa shape index (κ3) is 4.50. The minimum atomic E-state index is -0.524. The van der Waals surface area contributed by atoms with Crippen LogP contribution >= 0.6 is 0 Å². The summed E-state index contributed by atoms with van der Waals surface area (Å²) in [6, 6.07) is -0.125. The van der Waals surface area contributed by atoms with E-state index in [0.717, 1.165) is 38.5 Å². The maximum atomic E-state index is 13.4. The molecular formula is C21H33N3O4. The van der Waals surface area contributed by atoms with Crippen molar-refractivity contribution in [1.29, 1.82) is 0 Å². The molecule has 4 fully saturated rings. The molecule has 3 N–H and O–H groups in total. The van der Waals surface area contributed by atoms with Gasteiger partial charge < -0.3 is 10.2 Å². The first-order valence-corrected chi connectivity index (χ1v) is 11.0. The van der Waals surface area contributed by atoms with Crippen molar-refractivity contribution in [1.82, 2.24) is 15.7 Å². The van der Waals surface area contributed by atoms with Gasteiger partial charge in [0.25, 0.3) is 0 Å². The van der Waals surface area contributed by atoms with Gasteiger partial charge in [-0.2, -0.15) is 0 Å². The van der Waals surface area contributed by atoms with Crippen molar-refractivity contribution in [2.75, 3.05) is 6.54 Å². The summed E-state index contributed by atoms with van der Waals surface area (Å²) in [7, 11) is 0. The Balaban J connectivity index is 1.44. The molecule has 0 bridgehead atoms. The van der Waals surface area contributed by atoms with Crippen molar-refractivity contribution in [3.63, 3.8) is 0 Å². The van der Waals surface area contributed by atoms with Crippen molar-refractivity contribution < 1.29 is 19.6 Å². The average molecular weight is 392 g/mol. The van der Waals surface area contributed by atoms with Crippen molar-refractivity contribution in [2.24, 2.45) is 17.3 Å². The molecule has 0 aromatic carbocycles. The molecule has 1 aliphatic heterocycles. The van der Waals surface area contributed by atoms with E-state index in [0.29, 0.717) is 18.9 Å². The highest BCUT2D eigenvalue weighted by Gasteiger charge is 2.56. The van der Waals surface area contributed by atoms with E-state index < -0.39 is 17.9 Å². The SMILES string of the molecule is O=C(C[C@@H](CCC1CCCC1)C(=O)N1CC2(CC2)C[C@H]1C(=O)NC1CC1)NO. The number of amides is 3. The maximum Gasteiger partial charge on any atom is 0.244 e. The Morgan fingerprint density at radius 1 is 1.11 bits per heavy atom. The van der Waals surface area contributed by atoms with E-state index >= 15 is 0 Å². The number of carbonyl (C=O) groups excluding carboxylic acids is 3. The van der Waals surface area contributed by atoms with Gasteiger partial charge in [-0.25, -0.2) is 5.48 Å². The van der Waals surface area contributed by atoms with Gasteiger partial charge in [0.15, 0.2) is 0 Å². The Hall–Kier alpha value is -1.63. The number of carbonyl (C=O) groups is 3. The third-order valence-electron chi connectivity index (χ3n) is 7.28. The summed E-state index contributed by atoms with van der Waals surface area (Å²) in [6.45, 7) is 0.634. The van der Waals surface area contributed by atoms with Crippen LogP contribution in [-0.4, -0.2) is 46.5 Å². The number of nitrogens with one attached hydrogen (secondary N) is 2. The van der Waals surface area contributed by atoms with E-state index in [9.17, 15) is 14.4 Å². The Bertz CT molecular complexity index is 623. The van der Waals surface area contributed by atoms with Crippen LogP contribution in [0.4, 0.5) is 0 Å². The standard InChI is InChI=1S/C21H33N3O4/c25-18(23-28)11-15(6-5-14-3-1-2-4-14)20(27)24-13-21(9-10-21)12-17(24)19(26)22-16-7-8-16/h14-17,28H,1-13H2,(H,22,26)(H,23,25)/t15-,17+/m1/s1. The van der Waals surface area contributed by atoms with E-state index in [1.165, 1.54) is 25.7 Å². The van der Waals surface area contributed by atoms with E-state index in [-0.39, 0.29) is 29.7 Å². The topological polar surface area (TPSA) is 98.7 Å². The summed E-state index contributed by atoms with van der Waals surface area (Å²) in [5.74, 6) is -0.459. The molecule has 3 saturated carbocycles. The summed E-state index contributed by atoms with van der Waals surface area (Å²) in [4.78, 5) is 39.8. The minimum Gasteiger partial charge on any atom is -0.352 e. The molecule has 7 nitrogen and oxygen atoms in total. The molecule has 1 saturated heterocycles. The zero-order valence-corrected chi connectivity index (χ0v) is 16.6. The molecule has 0 aromatic rings. The summed E-state index contributed by atoms with van der Waals surface area (Å²) >= 11 is 0. The monoisotopic (exact) mass is 391 g/mol. The molecule has 0 aromatic heterocycles. The van der Waals surface area contributed by atoms with Crippen LogP contribution in [0.15, 0.2) is 0 Å². The lowest BCUT2D eigenvalue weighted by Crippen LogP contribution is -2.49. The predicted molar refractivity (Wildman–Crippen MR) is 102 cm³/mol. The summed E-state index contributed by atoms with van der Waals surface area (Å²) in [5, 5.41) is 12.0. The highest BCUT2D eigenvalue weighted by atomic mass is 16.5. The first-order valence-electron chi connectivity index (χ1n) is 11.0. The lowest BCUT2D eigenvalue weighted by atomic mass is 9.91. The van der Waals surface area contributed by atoms with Crippen LogP contribution in [0.5, 0.6) is 0 Å². The number of rotatable bonds is 8. The summed E-state index contributed by atoms with van der Waals surface area (Å²) in [6.07, 6.45) is 11.4. The average Bonchev–Trinajstić information content (AvgIpc) is 3.54. The van der Waals surface area contributed by atoms with Gasteiger partial charge >= 0.3 is 0 Å². The fraction of sp³-hybridized carbons (Fsp3) is 0.857.